The van der Waals surface area contributed by atoms with Crippen molar-refractivity contribution in [2.75, 3.05) is 6.61 Å². The molecule has 2 aromatic carbocycles. The normalized spacial score (nSPS) is 27.9. The van der Waals surface area contributed by atoms with Crippen LogP contribution < -0.4 is 0 Å². The molecule has 2 nitrogen and oxygen atoms in total. The van der Waals surface area contributed by atoms with Gasteiger partial charge in [-0.2, -0.15) is 0 Å². The molecule has 0 spiro atoms. The monoisotopic (exact) mass is 570 g/mol. The minimum absolute atomic E-state index is 0.0105. The SMILES string of the molecule is CCCCCCC(C)O[C@@]12CCC[C@]1(C(c1ccc(C3CCCCC3)cc1)c1ccc(C3CCCCC3)cc1)CCO2. The van der Waals surface area contributed by atoms with Gasteiger partial charge in [-0.15, -0.1) is 0 Å². The molecule has 0 aromatic heterocycles. The number of unbranched alkanes of at least 4 members (excludes halogenated alkanes) is 3. The first-order valence-electron chi connectivity index (χ1n) is 18.2. The third kappa shape index (κ3) is 6.28. The molecule has 0 bridgehead atoms. The Morgan fingerprint density at radius 3 is 1.81 bits per heavy atom. The van der Waals surface area contributed by atoms with Crippen LogP contribution in [0.3, 0.4) is 0 Å². The Kier molecular flexibility index (Phi) is 10.1. The second-order valence-electron chi connectivity index (χ2n) is 14.6. The lowest BCUT2D eigenvalue weighted by molar-refractivity contribution is -0.269. The van der Waals surface area contributed by atoms with Crippen molar-refractivity contribution in [3.05, 3.63) is 70.8 Å². The lowest BCUT2D eigenvalue weighted by atomic mass is 9.64. The van der Waals surface area contributed by atoms with Gasteiger partial charge in [0, 0.05) is 17.8 Å². The maximum absolute atomic E-state index is 7.15. The summed E-state index contributed by atoms with van der Waals surface area (Å²) >= 11 is 0. The minimum Gasteiger partial charge on any atom is -0.349 e. The van der Waals surface area contributed by atoms with E-state index < -0.39 is 5.79 Å². The summed E-state index contributed by atoms with van der Waals surface area (Å²) in [6.45, 7) is 5.42. The van der Waals surface area contributed by atoms with E-state index in [1.54, 1.807) is 11.1 Å². The molecule has 230 valence electrons. The predicted molar refractivity (Wildman–Crippen MR) is 175 cm³/mol. The number of hydrogen-bond acceptors (Lipinski definition) is 2. The van der Waals surface area contributed by atoms with E-state index in [4.69, 9.17) is 9.47 Å². The first-order chi connectivity index (χ1) is 20.6. The van der Waals surface area contributed by atoms with Gasteiger partial charge in [0.1, 0.15) is 0 Å². The molecular formula is C40H58O2. The van der Waals surface area contributed by atoms with Crippen LogP contribution in [0, 0.1) is 5.41 Å². The maximum Gasteiger partial charge on any atom is 0.175 e. The Morgan fingerprint density at radius 2 is 1.26 bits per heavy atom. The zero-order valence-corrected chi connectivity index (χ0v) is 26.9. The second-order valence-corrected chi connectivity index (χ2v) is 14.6. The second kappa shape index (κ2) is 14.0. The van der Waals surface area contributed by atoms with Gasteiger partial charge in [-0.25, -0.2) is 0 Å². The smallest absolute Gasteiger partial charge is 0.175 e. The van der Waals surface area contributed by atoms with Gasteiger partial charge < -0.3 is 9.47 Å². The van der Waals surface area contributed by atoms with Gasteiger partial charge in [-0.1, -0.05) is 120 Å². The van der Waals surface area contributed by atoms with E-state index in [1.807, 2.05) is 0 Å². The molecule has 42 heavy (non-hydrogen) atoms. The molecule has 0 amide bonds. The fraction of sp³-hybridized carbons (Fsp3) is 0.700. The first-order valence-corrected chi connectivity index (χ1v) is 18.2. The van der Waals surface area contributed by atoms with Gasteiger partial charge in [0.15, 0.2) is 5.79 Å². The van der Waals surface area contributed by atoms with Gasteiger partial charge in [0.05, 0.1) is 12.7 Å². The molecule has 4 fully saturated rings. The first kappa shape index (κ1) is 30.4. The molecule has 0 N–H and O–H groups in total. The standard InChI is InChI=1S/C40H58O2/c1-3-4-5-8-14-31(2)42-40-28-13-27-39(40,29-30-41-40)38(36-23-19-34(20-24-36)32-15-9-6-10-16-32)37-25-21-35(22-26-37)33-17-11-7-12-18-33/h19-26,31-33,38H,3-18,27-30H2,1-2H3/t31?,39-,40+/m1/s1. The summed E-state index contributed by atoms with van der Waals surface area (Å²) in [5.74, 6) is 1.33. The number of hydrogen-bond donors (Lipinski definition) is 0. The summed E-state index contributed by atoms with van der Waals surface area (Å²) in [6.07, 6.45) is 24.9. The zero-order chi connectivity index (χ0) is 28.8. The van der Waals surface area contributed by atoms with E-state index >= 15 is 0 Å². The summed E-state index contributed by atoms with van der Waals surface area (Å²) < 4.78 is 14.0. The van der Waals surface area contributed by atoms with Crippen LogP contribution in [0.5, 0.6) is 0 Å². The summed E-state index contributed by atoms with van der Waals surface area (Å²) in [7, 11) is 0. The fourth-order valence-electron chi connectivity index (χ4n) is 9.59. The number of fused-ring (bicyclic) bond motifs is 1. The average molecular weight is 571 g/mol. The van der Waals surface area contributed by atoms with Crippen LogP contribution >= 0.6 is 0 Å². The topological polar surface area (TPSA) is 18.5 Å². The highest BCUT2D eigenvalue weighted by Gasteiger charge is 2.64. The van der Waals surface area contributed by atoms with E-state index in [2.05, 4.69) is 62.4 Å². The highest BCUT2D eigenvalue weighted by atomic mass is 16.7. The largest absolute Gasteiger partial charge is 0.349 e. The van der Waals surface area contributed by atoms with Crippen LogP contribution in [0.15, 0.2) is 48.5 Å². The fourth-order valence-corrected chi connectivity index (χ4v) is 9.59. The summed E-state index contributed by atoms with van der Waals surface area (Å²) in [5.41, 5.74) is 6.04. The van der Waals surface area contributed by atoms with E-state index in [9.17, 15) is 0 Å². The lowest BCUT2D eigenvalue weighted by Gasteiger charge is -2.46. The molecular weight excluding hydrogens is 512 g/mol. The van der Waals surface area contributed by atoms with Crippen LogP contribution in [0.25, 0.3) is 0 Å². The van der Waals surface area contributed by atoms with Crippen LogP contribution in [-0.4, -0.2) is 18.5 Å². The molecule has 3 atom stereocenters. The van der Waals surface area contributed by atoms with Gasteiger partial charge in [-0.05, 0) is 92.4 Å². The van der Waals surface area contributed by atoms with Crippen molar-refractivity contribution in [2.24, 2.45) is 5.41 Å². The Hall–Kier alpha value is -1.64. The minimum atomic E-state index is -0.466. The molecule has 1 unspecified atom stereocenters. The predicted octanol–water partition coefficient (Wildman–Crippen LogP) is 11.6. The molecule has 3 aliphatic carbocycles. The van der Waals surface area contributed by atoms with Gasteiger partial charge in [-0.3, -0.25) is 0 Å². The van der Waals surface area contributed by atoms with Gasteiger partial charge in [0.25, 0.3) is 0 Å². The van der Waals surface area contributed by atoms with Crippen molar-refractivity contribution >= 4 is 0 Å². The van der Waals surface area contributed by atoms with Crippen LogP contribution in [-0.2, 0) is 9.47 Å². The van der Waals surface area contributed by atoms with Crippen molar-refractivity contribution < 1.29 is 9.47 Å². The highest BCUT2D eigenvalue weighted by molar-refractivity contribution is 5.41. The molecule has 0 radical (unpaired) electrons. The van der Waals surface area contributed by atoms with Crippen molar-refractivity contribution in [1.82, 2.24) is 0 Å². The molecule has 1 saturated heterocycles. The Balaban J connectivity index is 1.32. The average Bonchev–Trinajstić information content (AvgIpc) is 3.56. The maximum atomic E-state index is 7.15. The van der Waals surface area contributed by atoms with E-state index in [-0.39, 0.29) is 11.5 Å². The van der Waals surface area contributed by atoms with Crippen molar-refractivity contribution in [3.8, 4) is 0 Å². The number of rotatable bonds is 12. The molecule has 6 rings (SSSR count). The molecule has 2 aromatic rings. The van der Waals surface area contributed by atoms with Crippen molar-refractivity contribution in [2.45, 2.75) is 165 Å². The molecule has 1 aliphatic heterocycles. The summed E-state index contributed by atoms with van der Waals surface area (Å²) in [5, 5.41) is 0. The lowest BCUT2D eigenvalue weighted by Crippen LogP contribution is -2.48. The number of ether oxygens (including phenoxy) is 2. The molecule has 1 heterocycles. The van der Waals surface area contributed by atoms with E-state index in [0.29, 0.717) is 5.92 Å². The third-order valence-electron chi connectivity index (χ3n) is 11.9. The van der Waals surface area contributed by atoms with Crippen molar-refractivity contribution in [3.63, 3.8) is 0 Å². The van der Waals surface area contributed by atoms with Gasteiger partial charge >= 0.3 is 0 Å². The van der Waals surface area contributed by atoms with E-state index in [0.717, 1.165) is 37.7 Å². The summed E-state index contributed by atoms with van der Waals surface area (Å²) in [4.78, 5) is 0. The van der Waals surface area contributed by atoms with E-state index in [1.165, 1.54) is 114 Å². The molecule has 3 saturated carbocycles. The molecule has 2 heteroatoms. The van der Waals surface area contributed by atoms with Crippen LogP contribution in [0.1, 0.15) is 176 Å². The zero-order valence-electron chi connectivity index (χ0n) is 26.9. The van der Waals surface area contributed by atoms with Crippen LogP contribution in [0.4, 0.5) is 0 Å². The summed E-state index contributed by atoms with van der Waals surface area (Å²) in [6, 6.07) is 19.9. The Bertz CT molecular complexity index is 1020. The van der Waals surface area contributed by atoms with Crippen LogP contribution in [0.2, 0.25) is 0 Å². The van der Waals surface area contributed by atoms with Crippen molar-refractivity contribution in [1.29, 1.82) is 0 Å². The Morgan fingerprint density at radius 1 is 0.690 bits per heavy atom. The molecule has 4 aliphatic rings. The highest BCUT2D eigenvalue weighted by Crippen LogP contribution is 2.64. The Labute approximate surface area is 257 Å². The quantitative estimate of drug-likeness (QED) is 0.236. The van der Waals surface area contributed by atoms with Gasteiger partial charge in [0.2, 0.25) is 0 Å². The number of benzene rings is 2. The third-order valence-corrected chi connectivity index (χ3v) is 11.9.